The molecule has 0 aliphatic heterocycles. The molecule has 2 aromatic heterocycles. The molecule has 6 nitrogen and oxygen atoms in total. The van der Waals surface area contributed by atoms with E-state index in [0.29, 0.717) is 18.4 Å². The number of hydrogen-bond donors (Lipinski definition) is 1. The molecular weight excluding hydrogens is 279 g/mol. The van der Waals surface area contributed by atoms with Crippen molar-refractivity contribution >= 4 is 5.97 Å². The van der Waals surface area contributed by atoms with E-state index in [2.05, 4.69) is 10.1 Å². The number of carboxylic acid groups (broad SMARTS) is 1. The zero-order valence-electron chi connectivity index (χ0n) is 10.3. The number of rotatable bonds is 4. The lowest BCUT2D eigenvalue weighted by Crippen LogP contribution is -2.09. The molecule has 0 atom stereocenters. The molecule has 0 bridgehead atoms. The van der Waals surface area contributed by atoms with Crippen molar-refractivity contribution in [3.8, 4) is 0 Å². The average Bonchev–Trinajstić information content (AvgIpc) is 2.95. The van der Waals surface area contributed by atoms with Crippen molar-refractivity contribution in [1.29, 1.82) is 0 Å². The molecule has 2 aromatic rings. The van der Waals surface area contributed by atoms with Crippen LogP contribution < -0.4 is 0 Å². The van der Waals surface area contributed by atoms with E-state index in [0.717, 1.165) is 10.8 Å². The third kappa shape index (κ3) is 2.81. The van der Waals surface area contributed by atoms with Gasteiger partial charge in [0.15, 0.2) is 5.82 Å². The molecule has 0 aromatic carbocycles. The maximum atomic E-state index is 12.7. The van der Waals surface area contributed by atoms with Gasteiger partial charge in [0.25, 0.3) is 0 Å². The van der Waals surface area contributed by atoms with Gasteiger partial charge >= 0.3 is 12.1 Å². The molecule has 9 heteroatoms. The minimum atomic E-state index is -4.73. The van der Waals surface area contributed by atoms with Crippen molar-refractivity contribution in [2.45, 2.75) is 26.1 Å². The van der Waals surface area contributed by atoms with Gasteiger partial charge in [-0.1, -0.05) is 12.1 Å². The van der Waals surface area contributed by atoms with Crippen LogP contribution in [0.1, 0.15) is 34.6 Å². The van der Waals surface area contributed by atoms with Crippen LogP contribution in [-0.4, -0.2) is 25.8 Å². The average molecular weight is 289 g/mol. The predicted octanol–water partition coefficient (Wildman–Crippen LogP) is 2.20. The number of carboxylic acids is 1. The summed E-state index contributed by atoms with van der Waals surface area (Å²) in [6.45, 7) is 1.68. The molecular formula is C11H10F3N3O3. The molecule has 0 aliphatic carbocycles. The Morgan fingerprint density at radius 3 is 2.60 bits per heavy atom. The lowest BCUT2D eigenvalue weighted by Gasteiger charge is -2.04. The van der Waals surface area contributed by atoms with Gasteiger partial charge in [0.1, 0.15) is 6.54 Å². The summed E-state index contributed by atoms with van der Waals surface area (Å²) in [7, 11) is 0. The number of hydrogen-bond acceptors (Lipinski definition) is 4. The fraction of sp³-hybridized carbons (Fsp3) is 0.364. The van der Waals surface area contributed by atoms with Gasteiger partial charge in [0.05, 0.1) is 11.1 Å². The molecule has 108 valence electrons. The summed E-state index contributed by atoms with van der Waals surface area (Å²) in [5.74, 6) is -1.10. The van der Waals surface area contributed by atoms with Gasteiger partial charge in [-0.25, -0.2) is 4.79 Å². The van der Waals surface area contributed by atoms with Gasteiger partial charge in [-0.3, -0.25) is 0 Å². The Hall–Kier alpha value is -2.32. The molecule has 0 unspecified atom stereocenters. The predicted molar refractivity (Wildman–Crippen MR) is 59.2 cm³/mol. The topological polar surface area (TPSA) is 81.2 Å². The Morgan fingerprint density at radius 2 is 2.15 bits per heavy atom. The zero-order valence-corrected chi connectivity index (χ0v) is 10.3. The molecule has 2 heterocycles. The van der Waals surface area contributed by atoms with Crippen LogP contribution in [0.5, 0.6) is 0 Å². The summed E-state index contributed by atoms with van der Waals surface area (Å²) in [5, 5.41) is 12.4. The third-order valence-electron chi connectivity index (χ3n) is 2.56. The van der Waals surface area contributed by atoms with Crippen molar-refractivity contribution < 1.29 is 27.6 Å². The number of carbonyl (C=O) groups is 1. The molecule has 0 spiro atoms. The van der Waals surface area contributed by atoms with E-state index in [1.165, 1.54) is 0 Å². The first kappa shape index (κ1) is 14.1. The zero-order chi connectivity index (χ0) is 14.9. The molecule has 0 amide bonds. The van der Waals surface area contributed by atoms with Crippen LogP contribution in [0.2, 0.25) is 0 Å². The lowest BCUT2D eigenvalue weighted by atomic mass is 10.2. The van der Waals surface area contributed by atoms with Crippen LogP contribution in [0.15, 0.2) is 16.9 Å². The van der Waals surface area contributed by atoms with E-state index in [1.54, 1.807) is 6.92 Å². The summed E-state index contributed by atoms with van der Waals surface area (Å²) >= 11 is 0. The highest BCUT2D eigenvalue weighted by molar-refractivity contribution is 5.89. The number of aryl methyl sites for hydroxylation is 1. The van der Waals surface area contributed by atoms with Crippen LogP contribution in [0, 0.1) is 0 Å². The molecule has 0 radical (unpaired) electrons. The third-order valence-corrected chi connectivity index (χ3v) is 2.56. The quantitative estimate of drug-likeness (QED) is 0.933. The maximum Gasteiger partial charge on any atom is 0.418 e. The van der Waals surface area contributed by atoms with E-state index in [9.17, 15) is 18.0 Å². The fourth-order valence-electron chi connectivity index (χ4n) is 1.65. The minimum Gasteiger partial charge on any atom is -0.478 e. The van der Waals surface area contributed by atoms with E-state index in [1.807, 2.05) is 0 Å². The second-order valence-corrected chi connectivity index (χ2v) is 4.02. The van der Waals surface area contributed by atoms with E-state index in [4.69, 9.17) is 9.63 Å². The van der Waals surface area contributed by atoms with E-state index < -0.39 is 23.3 Å². The summed E-state index contributed by atoms with van der Waals surface area (Å²) in [5.41, 5.74) is -2.02. The second-order valence-electron chi connectivity index (χ2n) is 4.02. The molecule has 0 fully saturated rings. The number of halogens is 3. The Balaban J connectivity index is 2.31. The van der Waals surface area contributed by atoms with Crippen molar-refractivity contribution in [2.75, 3.05) is 0 Å². The Morgan fingerprint density at radius 1 is 1.45 bits per heavy atom. The summed E-state index contributed by atoms with van der Waals surface area (Å²) in [6, 6.07) is 0. The lowest BCUT2D eigenvalue weighted by molar-refractivity contribution is -0.138. The van der Waals surface area contributed by atoms with Gasteiger partial charge in [-0.05, 0) is 0 Å². The highest BCUT2D eigenvalue weighted by Crippen LogP contribution is 2.32. The van der Waals surface area contributed by atoms with Crippen molar-refractivity contribution in [3.63, 3.8) is 0 Å². The summed E-state index contributed by atoms with van der Waals surface area (Å²) in [4.78, 5) is 14.8. The smallest absolute Gasteiger partial charge is 0.418 e. The first-order valence-electron chi connectivity index (χ1n) is 5.63. The number of aromatic carboxylic acids is 1. The Kier molecular flexibility index (Phi) is 3.51. The number of alkyl halides is 3. The first-order chi connectivity index (χ1) is 9.31. The van der Waals surface area contributed by atoms with Crippen molar-refractivity contribution in [3.05, 3.63) is 35.2 Å². The molecule has 20 heavy (non-hydrogen) atoms. The van der Waals surface area contributed by atoms with Crippen LogP contribution in [0.25, 0.3) is 0 Å². The largest absolute Gasteiger partial charge is 0.478 e. The standard InChI is InChI=1S/C11H10F3N3O3/c1-2-8-15-9(20-16-8)5-17-3-6(10(18)19)7(4-17)11(12,13)14/h3-4H,2,5H2,1H3,(H,18,19). The molecule has 1 N–H and O–H groups in total. The first-order valence-corrected chi connectivity index (χ1v) is 5.63. The normalized spacial score (nSPS) is 11.8. The minimum absolute atomic E-state index is 0.113. The number of nitrogens with zero attached hydrogens (tertiary/aromatic N) is 3. The molecule has 0 saturated heterocycles. The van der Waals surface area contributed by atoms with Crippen LogP contribution in [-0.2, 0) is 19.1 Å². The molecule has 0 aliphatic rings. The SMILES string of the molecule is CCc1noc(Cn2cc(C(=O)O)c(C(F)(F)F)c2)n1. The Bertz CT molecular complexity index is 630. The highest BCUT2D eigenvalue weighted by atomic mass is 19.4. The maximum absolute atomic E-state index is 12.7. The Labute approximate surface area is 110 Å². The summed E-state index contributed by atoms with van der Waals surface area (Å²) < 4.78 is 44.0. The fourth-order valence-corrected chi connectivity index (χ4v) is 1.65. The number of aromatic nitrogens is 3. The molecule has 0 saturated carbocycles. The van der Waals surface area contributed by atoms with Gasteiger partial charge in [0.2, 0.25) is 5.89 Å². The van der Waals surface area contributed by atoms with Crippen molar-refractivity contribution in [1.82, 2.24) is 14.7 Å². The van der Waals surface area contributed by atoms with Gasteiger partial charge in [-0.2, -0.15) is 18.2 Å². The van der Waals surface area contributed by atoms with Crippen molar-refractivity contribution in [2.24, 2.45) is 0 Å². The van der Waals surface area contributed by atoms with Gasteiger partial charge in [0, 0.05) is 18.8 Å². The van der Waals surface area contributed by atoms with E-state index in [-0.39, 0.29) is 12.4 Å². The van der Waals surface area contributed by atoms with Crippen LogP contribution >= 0.6 is 0 Å². The van der Waals surface area contributed by atoms with E-state index >= 15 is 0 Å². The van der Waals surface area contributed by atoms with Gasteiger partial charge in [-0.15, -0.1) is 0 Å². The van der Waals surface area contributed by atoms with Crippen LogP contribution in [0.4, 0.5) is 13.2 Å². The highest BCUT2D eigenvalue weighted by Gasteiger charge is 2.37. The summed E-state index contributed by atoms with van der Waals surface area (Å²) in [6.07, 6.45) is -2.61. The second kappa shape index (κ2) is 4.99. The monoisotopic (exact) mass is 289 g/mol. The van der Waals surface area contributed by atoms with Crippen LogP contribution in [0.3, 0.4) is 0 Å². The van der Waals surface area contributed by atoms with Gasteiger partial charge < -0.3 is 14.2 Å². The molecule has 2 rings (SSSR count).